The summed E-state index contributed by atoms with van der Waals surface area (Å²) in [6.07, 6.45) is 3.16. The van der Waals surface area contributed by atoms with Crippen LogP contribution in [-0.2, 0) is 4.79 Å². The van der Waals surface area contributed by atoms with Crippen molar-refractivity contribution in [1.29, 1.82) is 0 Å². The molecule has 1 saturated heterocycles. The van der Waals surface area contributed by atoms with Gasteiger partial charge in [0.05, 0.1) is 55.8 Å². The predicted octanol–water partition coefficient (Wildman–Crippen LogP) is 8.83. The predicted molar refractivity (Wildman–Crippen MR) is 214 cm³/mol. The molecule has 0 amide bonds. The van der Waals surface area contributed by atoms with Gasteiger partial charge in [0.2, 0.25) is 0 Å². The normalized spacial score (nSPS) is 12.7. The van der Waals surface area contributed by atoms with Gasteiger partial charge in [-0.25, -0.2) is 0 Å². The second-order valence-electron chi connectivity index (χ2n) is 13.8. The fourth-order valence-electron chi connectivity index (χ4n) is 7.65. The highest BCUT2D eigenvalue weighted by Gasteiger charge is 2.32. The SMILES string of the molecule is COc1ccc(-n2c(C)c([N+](=O)[O-])c3c(C)cc(OC(C)=O)c(N4CCCCC4)c32)cc1.Cc1ccc(-n2c(C)c([N+](=O)[O-])c3c(C)c(N)c(O)cc32)cc1. The Kier molecular flexibility index (Phi) is 10.4. The molecule has 3 heterocycles. The van der Waals surface area contributed by atoms with Crippen molar-refractivity contribution in [2.24, 2.45) is 0 Å². The summed E-state index contributed by atoms with van der Waals surface area (Å²) in [5.41, 5.74) is 13.0. The van der Waals surface area contributed by atoms with E-state index in [9.17, 15) is 30.1 Å². The first-order valence-electron chi connectivity index (χ1n) is 17.9. The number of phenols is 1. The van der Waals surface area contributed by atoms with Crippen molar-refractivity contribution in [3.05, 3.63) is 109 Å². The van der Waals surface area contributed by atoms with E-state index in [-0.39, 0.29) is 27.7 Å². The quantitative estimate of drug-likeness (QED) is 0.0400. The Morgan fingerprint density at radius 1 is 0.800 bits per heavy atom. The van der Waals surface area contributed by atoms with Gasteiger partial charge in [-0.05, 0) is 107 Å². The summed E-state index contributed by atoms with van der Waals surface area (Å²) in [4.78, 5) is 37.1. The van der Waals surface area contributed by atoms with Crippen LogP contribution in [0.25, 0.3) is 33.2 Å². The number of hydrogen-bond donors (Lipinski definition) is 2. The molecule has 1 aliphatic heterocycles. The number of ether oxygens (including phenoxy) is 2. The zero-order valence-electron chi connectivity index (χ0n) is 31.9. The van der Waals surface area contributed by atoms with Crippen molar-refractivity contribution in [2.75, 3.05) is 30.8 Å². The van der Waals surface area contributed by atoms with E-state index in [1.165, 1.54) is 13.0 Å². The Morgan fingerprint density at radius 3 is 1.91 bits per heavy atom. The van der Waals surface area contributed by atoms with Crippen LogP contribution in [0.1, 0.15) is 54.3 Å². The Bertz CT molecular complexity index is 2480. The minimum atomic E-state index is -0.421. The number of fused-ring (bicyclic) bond motifs is 2. The summed E-state index contributed by atoms with van der Waals surface area (Å²) in [5.74, 6) is 0.642. The van der Waals surface area contributed by atoms with E-state index in [0.29, 0.717) is 55.8 Å². The molecule has 1 aliphatic rings. The van der Waals surface area contributed by atoms with E-state index in [1.54, 1.807) is 38.5 Å². The molecule has 0 radical (unpaired) electrons. The lowest BCUT2D eigenvalue weighted by Gasteiger charge is -2.31. The van der Waals surface area contributed by atoms with Gasteiger partial charge in [0.25, 0.3) is 11.4 Å². The monoisotopic (exact) mass is 748 g/mol. The number of anilines is 2. The fourth-order valence-corrected chi connectivity index (χ4v) is 7.65. The largest absolute Gasteiger partial charge is 0.506 e. The molecule has 286 valence electrons. The summed E-state index contributed by atoms with van der Waals surface area (Å²) in [7, 11) is 1.60. The van der Waals surface area contributed by atoms with Gasteiger partial charge >= 0.3 is 5.97 Å². The van der Waals surface area contributed by atoms with Crippen molar-refractivity contribution < 1.29 is 29.2 Å². The molecular formula is C41H44N6O8. The van der Waals surface area contributed by atoms with Crippen LogP contribution in [0.5, 0.6) is 17.2 Å². The van der Waals surface area contributed by atoms with Crippen LogP contribution in [0, 0.1) is 54.8 Å². The van der Waals surface area contributed by atoms with Crippen LogP contribution >= 0.6 is 0 Å². The first-order valence-corrected chi connectivity index (χ1v) is 17.9. The summed E-state index contributed by atoms with van der Waals surface area (Å²) in [5, 5.41) is 34.8. The van der Waals surface area contributed by atoms with Crippen molar-refractivity contribution >= 4 is 50.5 Å². The fraction of sp³-hybridized carbons (Fsp3) is 0.293. The molecule has 0 saturated carbocycles. The van der Waals surface area contributed by atoms with Crippen LogP contribution in [-0.4, -0.2) is 50.3 Å². The maximum Gasteiger partial charge on any atom is 0.308 e. The van der Waals surface area contributed by atoms with Crippen molar-refractivity contribution in [3.8, 4) is 28.6 Å². The van der Waals surface area contributed by atoms with Crippen molar-refractivity contribution in [2.45, 2.75) is 60.8 Å². The second kappa shape index (κ2) is 15.0. The molecule has 2 aromatic heterocycles. The number of methoxy groups -OCH3 is 1. The molecule has 1 fully saturated rings. The van der Waals surface area contributed by atoms with Crippen molar-refractivity contribution in [1.82, 2.24) is 9.13 Å². The van der Waals surface area contributed by atoms with Gasteiger partial charge in [0.1, 0.15) is 17.2 Å². The maximum absolute atomic E-state index is 12.2. The van der Waals surface area contributed by atoms with Gasteiger partial charge in [-0.2, -0.15) is 0 Å². The van der Waals surface area contributed by atoms with Crippen molar-refractivity contribution in [3.63, 3.8) is 0 Å². The van der Waals surface area contributed by atoms with E-state index < -0.39 is 10.9 Å². The van der Waals surface area contributed by atoms with Crippen LogP contribution in [0.2, 0.25) is 0 Å². The van der Waals surface area contributed by atoms with E-state index in [1.807, 2.05) is 66.9 Å². The minimum Gasteiger partial charge on any atom is -0.506 e. The molecule has 0 unspecified atom stereocenters. The summed E-state index contributed by atoms with van der Waals surface area (Å²) in [6, 6.07) is 18.3. The molecular weight excluding hydrogens is 704 g/mol. The third-order valence-corrected chi connectivity index (χ3v) is 10.2. The number of aryl methyl sites for hydroxylation is 3. The number of nitrogen functional groups attached to an aromatic ring is 1. The van der Waals surface area contributed by atoms with Gasteiger partial charge in [-0.3, -0.25) is 25.0 Å². The highest BCUT2D eigenvalue weighted by atomic mass is 16.6. The Morgan fingerprint density at radius 2 is 1.35 bits per heavy atom. The Balaban J connectivity index is 0.000000197. The number of carbonyl (C=O) groups excluding carboxylic acids is 1. The highest BCUT2D eigenvalue weighted by Crippen LogP contribution is 2.47. The number of carbonyl (C=O) groups is 1. The Hall–Kier alpha value is -6.57. The molecule has 0 atom stereocenters. The number of nitrogens with zero attached hydrogens (tertiary/aromatic N) is 5. The van der Waals surface area contributed by atoms with E-state index in [2.05, 4.69) is 4.90 Å². The standard InChI is InChI=1S/C24H27N3O5.C17H17N3O3/c1-15-14-20(32-17(3)28)23(25-12-6-5-7-13-25)24-21(15)22(27(29)30)16(2)26(24)18-8-10-19(31-4)11-9-18;1-9-4-6-12(7-5-9)19-11(3)17(20(22)23)15-10(2)16(18)14(21)8-13(15)19/h8-11,14H,5-7,12-13H2,1-4H3;4-8,21H,18H2,1-3H3. The lowest BCUT2D eigenvalue weighted by molar-refractivity contribution is -0.383. The third kappa shape index (κ3) is 6.86. The zero-order valence-corrected chi connectivity index (χ0v) is 31.9. The number of benzene rings is 4. The van der Waals surface area contributed by atoms with E-state index in [0.717, 1.165) is 55.0 Å². The summed E-state index contributed by atoms with van der Waals surface area (Å²) in [6.45, 7) is 11.9. The average Bonchev–Trinajstić information content (AvgIpc) is 3.62. The molecule has 0 aliphatic carbocycles. The average molecular weight is 749 g/mol. The van der Waals surface area contributed by atoms with E-state index >= 15 is 0 Å². The number of aromatic nitrogens is 2. The lowest BCUT2D eigenvalue weighted by atomic mass is 10.0. The van der Waals surface area contributed by atoms with Gasteiger partial charge < -0.3 is 34.3 Å². The molecule has 55 heavy (non-hydrogen) atoms. The van der Waals surface area contributed by atoms with Gasteiger partial charge in [0, 0.05) is 37.5 Å². The molecule has 4 aromatic carbocycles. The summed E-state index contributed by atoms with van der Waals surface area (Å²) < 4.78 is 14.6. The van der Waals surface area contributed by atoms with Crippen LogP contribution < -0.4 is 20.1 Å². The topological polar surface area (TPSA) is 181 Å². The molecule has 0 spiro atoms. The third-order valence-electron chi connectivity index (χ3n) is 10.2. The first kappa shape index (κ1) is 38.2. The number of nitro groups is 2. The van der Waals surface area contributed by atoms with Gasteiger partial charge in [-0.15, -0.1) is 0 Å². The van der Waals surface area contributed by atoms with Crippen LogP contribution in [0.4, 0.5) is 22.7 Å². The number of phenolic OH excluding ortho intramolecular Hbond substituents is 1. The number of esters is 1. The minimum absolute atomic E-state index is 0.0183. The molecule has 6 aromatic rings. The number of nitrogens with two attached hydrogens (primary N) is 1. The number of hydrogen-bond acceptors (Lipinski definition) is 10. The lowest BCUT2D eigenvalue weighted by Crippen LogP contribution is -2.30. The smallest absolute Gasteiger partial charge is 0.308 e. The zero-order chi connectivity index (χ0) is 39.9. The number of rotatable bonds is 7. The van der Waals surface area contributed by atoms with E-state index in [4.69, 9.17) is 15.2 Å². The Labute approximate surface area is 317 Å². The summed E-state index contributed by atoms with van der Waals surface area (Å²) >= 11 is 0. The van der Waals surface area contributed by atoms with Crippen LogP contribution in [0.3, 0.4) is 0 Å². The number of aromatic hydroxyl groups is 1. The van der Waals surface area contributed by atoms with Crippen LogP contribution in [0.15, 0.2) is 60.7 Å². The second-order valence-corrected chi connectivity index (χ2v) is 13.8. The maximum atomic E-state index is 12.2. The van der Waals surface area contributed by atoms with Gasteiger partial charge in [-0.1, -0.05) is 17.7 Å². The van der Waals surface area contributed by atoms with Gasteiger partial charge in [0.15, 0.2) is 5.75 Å². The molecule has 0 bridgehead atoms. The molecule has 3 N–H and O–H groups in total. The first-order chi connectivity index (χ1) is 26.2. The molecule has 7 rings (SSSR count). The number of piperidine rings is 1. The molecule has 14 nitrogen and oxygen atoms in total. The molecule has 14 heteroatoms. The highest BCUT2D eigenvalue weighted by molar-refractivity contribution is 6.06.